The number of furan rings is 1. The molecule has 0 aromatic carbocycles. The monoisotopic (exact) mass is 237 g/mol. The molecular formula is C13H19NO3. The van der Waals surface area contributed by atoms with Crippen LogP contribution in [0.25, 0.3) is 0 Å². The fourth-order valence-corrected chi connectivity index (χ4v) is 1.26. The summed E-state index contributed by atoms with van der Waals surface area (Å²) in [4.78, 5) is 11.6. The normalized spacial score (nSPS) is 10.2. The van der Waals surface area contributed by atoms with Crippen LogP contribution in [0.5, 0.6) is 0 Å². The van der Waals surface area contributed by atoms with Crippen LogP contribution in [0.15, 0.2) is 28.7 Å². The van der Waals surface area contributed by atoms with E-state index < -0.39 is 0 Å². The Kier molecular flexibility index (Phi) is 5.49. The number of amides is 1. The van der Waals surface area contributed by atoms with Crippen LogP contribution in [0.1, 0.15) is 30.2 Å². The first-order valence-corrected chi connectivity index (χ1v) is 5.72. The lowest BCUT2D eigenvalue weighted by molar-refractivity contribution is 0.0898. The average Bonchev–Trinajstić information content (AvgIpc) is 2.76. The number of nitrogens with one attached hydrogen (secondary N) is 1. The molecule has 4 nitrogen and oxygen atoms in total. The molecule has 0 aliphatic rings. The van der Waals surface area contributed by atoms with Crippen molar-refractivity contribution in [3.05, 3.63) is 35.8 Å². The number of carbonyl (C=O) groups excluding carboxylic acids is 1. The molecule has 1 aromatic rings. The van der Waals surface area contributed by atoms with E-state index in [1.54, 1.807) is 6.07 Å². The van der Waals surface area contributed by atoms with Gasteiger partial charge in [-0.15, -0.1) is 0 Å². The number of ether oxygens (including phenoxy) is 1. The van der Waals surface area contributed by atoms with Gasteiger partial charge in [0.25, 0.3) is 5.91 Å². The first-order valence-electron chi connectivity index (χ1n) is 5.72. The van der Waals surface area contributed by atoms with Crippen molar-refractivity contribution in [2.45, 2.75) is 20.3 Å². The lowest BCUT2D eigenvalue weighted by Gasteiger charge is -2.04. The van der Waals surface area contributed by atoms with Crippen LogP contribution in [-0.4, -0.2) is 25.7 Å². The van der Waals surface area contributed by atoms with Gasteiger partial charge < -0.3 is 14.5 Å². The van der Waals surface area contributed by atoms with Crippen LogP contribution >= 0.6 is 0 Å². The third kappa shape index (κ3) is 4.87. The molecule has 1 rings (SSSR count). The fraction of sp³-hybridized carbons (Fsp3) is 0.462. The van der Waals surface area contributed by atoms with E-state index in [9.17, 15) is 4.79 Å². The molecule has 1 N–H and O–H groups in total. The van der Waals surface area contributed by atoms with Gasteiger partial charge in [-0.1, -0.05) is 19.1 Å². The summed E-state index contributed by atoms with van der Waals surface area (Å²) < 4.78 is 10.6. The molecule has 0 bridgehead atoms. The SMILES string of the molecule is C=C(C)COCCNC(=O)c1ccc(CC)o1. The van der Waals surface area contributed by atoms with Crippen molar-refractivity contribution in [2.75, 3.05) is 19.8 Å². The zero-order chi connectivity index (χ0) is 12.7. The van der Waals surface area contributed by atoms with Gasteiger partial charge in [-0.05, 0) is 19.1 Å². The maximum atomic E-state index is 11.6. The number of hydrogen-bond acceptors (Lipinski definition) is 3. The molecule has 0 spiro atoms. The molecule has 0 aliphatic heterocycles. The van der Waals surface area contributed by atoms with E-state index in [1.165, 1.54) is 0 Å². The highest BCUT2D eigenvalue weighted by atomic mass is 16.5. The third-order valence-electron chi connectivity index (χ3n) is 2.11. The minimum absolute atomic E-state index is 0.205. The zero-order valence-electron chi connectivity index (χ0n) is 10.4. The summed E-state index contributed by atoms with van der Waals surface area (Å²) in [5.41, 5.74) is 0.968. The molecule has 1 heterocycles. The number of rotatable bonds is 7. The van der Waals surface area contributed by atoms with Gasteiger partial charge in [-0.25, -0.2) is 0 Å². The van der Waals surface area contributed by atoms with E-state index in [2.05, 4.69) is 11.9 Å². The van der Waals surface area contributed by atoms with E-state index in [1.807, 2.05) is 19.9 Å². The predicted molar refractivity (Wildman–Crippen MR) is 66.1 cm³/mol. The first kappa shape index (κ1) is 13.5. The van der Waals surface area contributed by atoms with E-state index in [0.717, 1.165) is 17.8 Å². The Bertz CT molecular complexity index is 382. The van der Waals surface area contributed by atoms with Crippen molar-refractivity contribution in [3.63, 3.8) is 0 Å². The standard InChI is InChI=1S/C13H19NO3/c1-4-11-5-6-12(17-11)13(15)14-7-8-16-9-10(2)3/h5-6H,2,4,7-9H2,1,3H3,(H,14,15). The van der Waals surface area contributed by atoms with Gasteiger partial charge in [-0.2, -0.15) is 0 Å². The molecule has 1 aromatic heterocycles. The second kappa shape index (κ2) is 6.91. The summed E-state index contributed by atoms with van der Waals surface area (Å²) in [6.45, 7) is 9.06. The van der Waals surface area contributed by atoms with Crippen molar-refractivity contribution in [1.82, 2.24) is 5.32 Å². The van der Waals surface area contributed by atoms with Gasteiger partial charge in [-0.3, -0.25) is 4.79 Å². The van der Waals surface area contributed by atoms with E-state index in [-0.39, 0.29) is 5.91 Å². The second-order valence-electron chi connectivity index (χ2n) is 3.89. The molecule has 0 fully saturated rings. The molecular weight excluding hydrogens is 218 g/mol. The van der Waals surface area contributed by atoms with E-state index in [4.69, 9.17) is 9.15 Å². The Morgan fingerprint density at radius 1 is 1.53 bits per heavy atom. The van der Waals surface area contributed by atoms with Crippen LogP contribution in [0, 0.1) is 0 Å². The molecule has 0 aliphatic carbocycles. The molecule has 17 heavy (non-hydrogen) atoms. The Hall–Kier alpha value is -1.55. The van der Waals surface area contributed by atoms with Crippen LogP contribution in [-0.2, 0) is 11.2 Å². The highest BCUT2D eigenvalue weighted by Gasteiger charge is 2.09. The topological polar surface area (TPSA) is 51.5 Å². The van der Waals surface area contributed by atoms with Crippen molar-refractivity contribution >= 4 is 5.91 Å². The predicted octanol–water partition coefficient (Wildman–Crippen LogP) is 2.16. The smallest absolute Gasteiger partial charge is 0.287 e. The van der Waals surface area contributed by atoms with Gasteiger partial charge >= 0.3 is 0 Å². The average molecular weight is 237 g/mol. The van der Waals surface area contributed by atoms with Gasteiger partial charge in [0.15, 0.2) is 5.76 Å². The van der Waals surface area contributed by atoms with Crippen molar-refractivity contribution < 1.29 is 13.9 Å². The minimum atomic E-state index is -0.205. The van der Waals surface area contributed by atoms with Gasteiger partial charge in [0.05, 0.1) is 13.2 Å². The van der Waals surface area contributed by atoms with Gasteiger partial charge in [0.1, 0.15) is 5.76 Å². The highest BCUT2D eigenvalue weighted by molar-refractivity contribution is 5.91. The third-order valence-corrected chi connectivity index (χ3v) is 2.11. The summed E-state index contributed by atoms with van der Waals surface area (Å²) in [5, 5.41) is 2.72. The maximum Gasteiger partial charge on any atom is 0.287 e. The van der Waals surface area contributed by atoms with E-state index >= 15 is 0 Å². The molecule has 0 saturated carbocycles. The quantitative estimate of drug-likeness (QED) is 0.584. The summed E-state index contributed by atoms with van der Waals surface area (Å²) >= 11 is 0. The summed E-state index contributed by atoms with van der Waals surface area (Å²) in [7, 11) is 0. The summed E-state index contributed by atoms with van der Waals surface area (Å²) in [5.74, 6) is 0.957. The van der Waals surface area contributed by atoms with Crippen molar-refractivity contribution in [3.8, 4) is 0 Å². The van der Waals surface area contributed by atoms with Crippen LogP contribution in [0.4, 0.5) is 0 Å². The number of aryl methyl sites for hydroxylation is 1. The largest absolute Gasteiger partial charge is 0.456 e. The van der Waals surface area contributed by atoms with Crippen LogP contribution < -0.4 is 5.32 Å². The zero-order valence-corrected chi connectivity index (χ0v) is 10.4. The minimum Gasteiger partial charge on any atom is -0.456 e. The summed E-state index contributed by atoms with van der Waals surface area (Å²) in [6, 6.07) is 3.50. The molecule has 0 radical (unpaired) electrons. The second-order valence-corrected chi connectivity index (χ2v) is 3.89. The molecule has 0 unspecified atom stereocenters. The number of carbonyl (C=O) groups is 1. The molecule has 1 amide bonds. The first-order chi connectivity index (χ1) is 8.13. The molecule has 0 saturated heterocycles. The fourth-order valence-electron chi connectivity index (χ4n) is 1.26. The number of hydrogen-bond donors (Lipinski definition) is 1. The summed E-state index contributed by atoms with van der Waals surface area (Å²) in [6.07, 6.45) is 0.787. The van der Waals surface area contributed by atoms with Crippen LogP contribution in [0.3, 0.4) is 0 Å². The van der Waals surface area contributed by atoms with Gasteiger partial charge in [0, 0.05) is 13.0 Å². The van der Waals surface area contributed by atoms with Crippen molar-refractivity contribution in [2.24, 2.45) is 0 Å². The lowest BCUT2D eigenvalue weighted by Crippen LogP contribution is -2.27. The molecule has 4 heteroatoms. The van der Waals surface area contributed by atoms with Crippen LogP contribution in [0.2, 0.25) is 0 Å². The Morgan fingerprint density at radius 2 is 2.29 bits per heavy atom. The maximum absolute atomic E-state index is 11.6. The van der Waals surface area contributed by atoms with E-state index in [0.29, 0.717) is 25.5 Å². The molecule has 0 atom stereocenters. The highest BCUT2D eigenvalue weighted by Crippen LogP contribution is 2.07. The van der Waals surface area contributed by atoms with Crippen molar-refractivity contribution in [1.29, 1.82) is 0 Å². The van der Waals surface area contributed by atoms with Gasteiger partial charge in [0.2, 0.25) is 0 Å². The lowest BCUT2D eigenvalue weighted by atomic mass is 10.3. The Labute approximate surface area is 102 Å². The Morgan fingerprint density at radius 3 is 2.88 bits per heavy atom. The Balaban J connectivity index is 2.23. The molecule has 94 valence electrons.